The number of carbonyl (C=O) groups is 2. The van der Waals surface area contributed by atoms with E-state index in [0.717, 1.165) is 15.6 Å². The van der Waals surface area contributed by atoms with E-state index in [1.54, 1.807) is 4.90 Å². The summed E-state index contributed by atoms with van der Waals surface area (Å²) < 4.78 is 0.911. The molecule has 1 N–H and O–H groups in total. The molecule has 1 atom stereocenters. The van der Waals surface area contributed by atoms with Gasteiger partial charge in [-0.15, -0.1) is 0 Å². The lowest BCUT2D eigenvalue weighted by Crippen LogP contribution is -2.32. The van der Waals surface area contributed by atoms with Crippen LogP contribution in [0, 0.1) is 0 Å². The van der Waals surface area contributed by atoms with Gasteiger partial charge in [0.05, 0.1) is 11.6 Å². The minimum atomic E-state index is -0.554. The Morgan fingerprint density at radius 1 is 1.12 bits per heavy atom. The molecule has 1 heterocycles. The summed E-state index contributed by atoms with van der Waals surface area (Å²) in [7, 11) is 0. The molecule has 4 nitrogen and oxygen atoms in total. The monoisotopic (exact) mass is 399 g/mol. The third-order valence-electron chi connectivity index (χ3n) is 4.35. The van der Waals surface area contributed by atoms with E-state index >= 15 is 0 Å². The maximum atomic E-state index is 12.5. The molecular weight excluding hydrogens is 382 g/mol. The van der Waals surface area contributed by atoms with Gasteiger partial charge in [-0.2, -0.15) is 0 Å². The fourth-order valence-corrected chi connectivity index (χ4v) is 3.39. The molecule has 1 aliphatic rings. The van der Waals surface area contributed by atoms with Crippen LogP contribution in [-0.2, 0) is 16.0 Å². The average Bonchev–Trinajstić information content (AvgIpc) is 2.86. The fourth-order valence-electron chi connectivity index (χ4n) is 3.13. The molecule has 1 aliphatic heterocycles. The van der Waals surface area contributed by atoms with Crippen molar-refractivity contribution in [3.05, 3.63) is 81.5 Å². The molecule has 0 spiro atoms. The SMILES string of the molecule is CC(=O)C1=C(O)C(=O)N(CCc2ccccc2)C1c1ccc(Br)cc1. The number of aliphatic hydroxyl groups excluding tert-OH is 1. The zero-order valence-electron chi connectivity index (χ0n) is 13.8. The van der Waals surface area contributed by atoms with Crippen LogP contribution in [0.5, 0.6) is 0 Å². The molecule has 1 amide bonds. The minimum Gasteiger partial charge on any atom is -0.503 e. The van der Waals surface area contributed by atoms with E-state index in [0.29, 0.717) is 13.0 Å². The molecule has 128 valence electrons. The van der Waals surface area contributed by atoms with Crippen LogP contribution in [-0.4, -0.2) is 28.2 Å². The highest BCUT2D eigenvalue weighted by Gasteiger charge is 2.41. The number of rotatable bonds is 5. The molecule has 5 heteroatoms. The number of nitrogens with zero attached hydrogens (tertiary/aromatic N) is 1. The highest BCUT2D eigenvalue weighted by Crippen LogP contribution is 2.38. The maximum absolute atomic E-state index is 12.5. The zero-order chi connectivity index (χ0) is 18.0. The first-order valence-corrected chi connectivity index (χ1v) is 8.82. The van der Waals surface area contributed by atoms with Gasteiger partial charge < -0.3 is 10.0 Å². The first-order valence-electron chi connectivity index (χ1n) is 8.03. The second-order valence-electron chi connectivity index (χ2n) is 6.01. The third kappa shape index (κ3) is 3.51. The lowest BCUT2D eigenvalue weighted by atomic mass is 9.96. The van der Waals surface area contributed by atoms with E-state index < -0.39 is 17.7 Å². The Morgan fingerprint density at radius 3 is 2.36 bits per heavy atom. The van der Waals surface area contributed by atoms with E-state index in [2.05, 4.69) is 15.9 Å². The maximum Gasteiger partial charge on any atom is 0.290 e. The van der Waals surface area contributed by atoms with E-state index in [1.165, 1.54) is 6.92 Å². The van der Waals surface area contributed by atoms with Gasteiger partial charge >= 0.3 is 0 Å². The van der Waals surface area contributed by atoms with Crippen LogP contribution < -0.4 is 0 Å². The number of hydrogen-bond donors (Lipinski definition) is 1. The summed E-state index contributed by atoms with van der Waals surface area (Å²) in [5.41, 5.74) is 2.07. The summed E-state index contributed by atoms with van der Waals surface area (Å²) in [6, 6.07) is 16.7. The average molecular weight is 400 g/mol. The Morgan fingerprint density at radius 2 is 1.76 bits per heavy atom. The van der Waals surface area contributed by atoms with Gasteiger partial charge in [-0.05, 0) is 36.6 Å². The second-order valence-corrected chi connectivity index (χ2v) is 6.92. The highest BCUT2D eigenvalue weighted by atomic mass is 79.9. The molecule has 25 heavy (non-hydrogen) atoms. The van der Waals surface area contributed by atoms with E-state index in [4.69, 9.17) is 0 Å². The first-order chi connectivity index (χ1) is 12.0. The summed E-state index contributed by atoms with van der Waals surface area (Å²) in [6.45, 7) is 1.80. The zero-order valence-corrected chi connectivity index (χ0v) is 15.4. The highest BCUT2D eigenvalue weighted by molar-refractivity contribution is 9.10. The lowest BCUT2D eigenvalue weighted by molar-refractivity contribution is -0.129. The van der Waals surface area contributed by atoms with Crippen molar-refractivity contribution in [1.29, 1.82) is 0 Å². The largest absolute Gasteiger partial charge is 0.503 e. The van der Waals surface area contributed by atoms with Crippen molar-refractivity contribution in [3.63, 3.8) is 0 Å². The summed E-state index contributed by atoms with van der Waals surface area (Å²) in [4.78, 5) is 26.2. The Hall–Kier alpha value is -2.40. The second kappa shape index (κ2) is 7.23. The van der Waals surface area contributed by atoms with Crippen molar-refractivity contribution in [3.8, 4) is 0 Å². The van der Waals surface area contributed by atoms with Crippen LogP contribution in [0.1, 0.15) is 24.1 Å². The smallest absolute Gasteiger partial charge is 0.290 e. The Labute approximate surface area is 154 Å². The summed E-state index contributed by atoms with van der Waals surface area (Å²) in [5, 5.41) is 10.2. The van der Waals surface area contributed by atoms with Gasteiger partial charge in [0.2, 0.25) is 0 Å². The van der Waals surface area contributed by atoms with E-state index in [1.807, 2.05) is 54.6 Å². The predicted octanol–water partition coefficient (Wildman–Crippen LogP) is 3.98. The number of aliphatic hydroxyl groups is 1. The fraction of sp³-hybridized carbons (Fsp3) is 0.200. The molecule has 0 radical (unpaired) electrons. The van der Waals surface area contributed by atoms with Crippen molar-refractivity contribution < 1.29 is 14.7 Å². The third-order valence-corrected chi connectivity index (χ3v) is 4.88. The minimum absolute atomic E-state index is 0.167. The van der Waals surface area contributed by atoms with Gasteiger partial charge in [-0.25, -0.2) is 0 Å². The van der Waals surface area contributed by atoms with Gasteiger partial charge in [-0.3, -0.25) is 9.59 Å². The number of ketones is 1. The molecule has 0 saturated heterocycles. The number of hydrogen-bond acceptors (Lipinski definition) is 3. The first kappa shape index (κ1) is 17.4. The standard InChI is InChI=1S/C20H18BrNO3/c1-13(23)17-18(15-7-9-16(21)10-8-15)22(20(25)19(17)24)12-11-14-5-3-2-4-6-14/h2-10,18,24H,11-12H2,1H3. The Bertz CT molecular complexity index is 828. The van der Waals surface area contributed by atoms with Gasteiger partial charge in [0.25, 0.3) is 5.91 Å². The predicted molar refractivity (Wildman–Crippen MR) is 99.1 cm³/mol. The lowest BCUT2D eigenvalue weighted by Gasteiger charge is -2.26. The van der Waals surface area contributed by atoms with Crippen LogP contribution in [0.2, 0.25) is 0 Å². The van der Waals surface area contributed by atoms with Crippen molar-refractivity contribution in [2.45, 2.75) is 19.4 Å². The van der Waals surface area contributed by atoms with Crippen molar-refractivity contribution in [2.75, 3.05) is 6.54 Å². The molecule has 0 aliphatic carbocycles. The summed E-state index contributed by atoms with van der Waals surface area (Å²) in [5.74, 6) is -1.22. The number of carbonyl (C=O) groups excluding carboxylic acids is 2. The molecule has 0 aromatic heterocycles. The molecule has 0 fully saturated rings. The van der Waals surface area contributed by atoms with E-state index in [9.17, 15) is 14.7 Å². The number of Topliss-reactive ketones (excluding diaryl/α,β-unsaturated/α-hetero) is 1. The van der Waals surface area contributed by atoms with Crippen LogP contribution in [0.25, 0.3) is 0 Å². The van der Waals surface area contributed by atoms with Crippen LogP contribution in [0.3, 0.4) is 0 Å². The molecule has 2 aromatic carbocycles. The van der Waals surface area contributed by atoms with Gasteiger partial charge in [0, 0.05) is 11.0 Å². The number of halogens is 1. The van der Waals surface area contributed by atoms with Gasteiger partial charge in [0.15, 0.2) is 11.5 Å². The molecule has 3 rings (SSSR count). The Balaban J connectivity index is 1.93. The molecule has 0 bridgehead atoms. The Kier molecular flexibility index (Phi) is 5.04. The molecule has 1 unspecified atom stereocenters. The van der Waals surface area contributed by atoms with Gasteiger partial charge in [0.1, 0.15) is 0 Å². The van der Waals surface area contributed by atoms with Crippen molar-refractivity contribution >= 4 is 27.6 Å². The normalized spacial score (nSPS) is 17.3. The quantitative estimate of drug-likeness (QED) is 0.826. The number of amides is 1. The van der Waals surface area contributed by atoms with Gasteiger partial charge in [-0.1, -0.05) is 58.4 Å². The topological polar surface area (TPSA) is 57.6 Å². The van der Waals surface area contributed by atoms with Crippen molar-refractivity contribution in [1.82, 2.24) is 4.90 Å². The van der Waals surface area contributed by atoms with Crippen molar-refractivity contribution in [2.24, 2.45) is 0 Å². The number of benzene rings is 2. The molecule has 0 saturated carbocycles. The van der Waals surface area contributed by atoms with Crippen LogP contribution >= 0.6 is 15.9 Å². The summed E-state index contributed by atoms with van der Waals surface area (Å²) in [6.07, 6.45) is 0.651. The van der Waals surface area contributed by atoms with Crippen LogP contribution in [0.4, 0.5) is 0 Å². The molecular formula is C20H18BrNO3. The van der Waals surface area contributed by atoms with E-state index in [-0.39, 0.29) is 11.4 Å². The summed E-state index contributed by atoms with van der Waals surface area (Å²) >= 11 is 3.39. The molecule has 2 aromatic rings. The van der Waals surface area contributed by atoms with Crippen LogP contribution in [0.15, 0.2) is 70.4 Å².